The Morgan fingerprint density at radius 1 is 1.56 bits per heavy atom. The molecule has 18 heavy (non-hydrogen) atoms. The van der Waals surface area contributed by atoms with Gasteiger partial charge < -0.3 is 9.84 Å². The number of carbonyl (C=O) groups is 1. The van der Waals surface area contributed by atoms with Gasteiger partial charge in [0.1, 0.15) is 12.4 Å². The maximum Gasteiger partial charge on any atom is 0.328 e. The van der Waals surface area contributed by atoms with Crippen molar-refractivity contribution in [2.24, 2.45) is 0 Å². The minimum Gasteiger partial charge on any atom is -0.489 e. The molecule has 96 valence electrons. The van der Waals surface area contributed by atoms with Gasteiger partial charge in [0.05, 0.1) is 4.92 Å². The Balaban J connectivity index is 2.73. The summed E-state index contributed by atoms with van der Waals surface area (Å²) in [5.41, 5.74) is 1.08. The summed E-state index contributed by atoms with van der Waals surface area (Å²) in [6.45, 7) is 3.38. The Morgan fingerprint density at radius 3 is 2.72 bits per heavy atom. The molecular formula is C12H13NO5. The van der Waals surface area contributed by atoms with Gasteiger partial charge in [-0.1, -0.05) is 0 Å². The van der Waals surface area contributed by atoms with E-state index in [0.717, 1.165) is 6.08 Å². The lowest BCUT2D eigenvalue weighted by molar-refractivity contribution is -0.385. The van der Waals surface area contributed by atoms with E-state index in [1.165, 1.54) is 12.1 Å². The van der Waals surface area contributed by atoms with Gasteiger partial charge in [0.15, 0.2) is 0 Å². The first-order chi connectivity index (χ1) is 8.40. The molecule has 0 radical (unpaired) electrons. The van der Waals surface area contributed by atoms with Gasteiger partial charge in [-0.2, -0.15) is 0 Å². The number of hydrogen-bond donors (Lipinski definition) is 1. The Hall–Kier alpha value is -2.37. The monoisotopic (exact) mass is 251 g/mol. The highest BCUT2D eigenvalue weighted by Gasteiger charge is 2.10. The number of ether oxygens (including phenoxy) is 1. The number of nitro groups is 1. The van der Waals surface area contributed by atoms with E-state index in [1.807, 2.05) is 0 Å². The summed E-state index contributed by atoms with van der Waals surface area (Å²) in [6.07, 6.45) is 1.05. The molecule has 1 N–H and O–H groups in total. The molecule has 0 saturated heterocycles. The lowest BCUT2D eigenvalue weighted by Gasteiger charge is -2.07. The van der Waals surface area contributed by atoms with Crippen LogP contribution >= 0.6 is 0 Å². The van der Waals surface area contributed by atoms with Crippen molar-refractivity contribution < 1.29 is 19.6 Å². The second-order valence-electron chi connectivity index (χ2n) is 3.82. The normalized spacial score (nSPS) is 11.1. The zero-order valence-electron chi connectivity index (χ0n) is 10.0. The fourth-order valence-corrected chi connectivity index (χ4v) is 1.37. The van der Waals surface area contributed by atoms with Gasteiger partial charge in [-0.3, -0.25) is 10.1 Å². The van der Waals surface area contributed by atoms with Crippen molar-refractivity contribution >= 4 is 11.7 Å². The molecule has 0 amide bonds. The average molecular weight is 251 g/mol. The maximum absolute atomic E-state index is 10.6. The Morgan fingerprint density at radius 2 is 2.22 bits per heavy atom. The second kappa shape index (κ2) is 5.81. The summed E-state index contributed by atoms with van der Waals surface area (Å²) in [6, 6.07) is 4.40. The molecule has 0 bridgehead atoms. The Bertz CT molecular complexity index is 507. The Kier molecular flexibility index (Phi) is 4.42. The summed E-state index contributed by atoms with van der Waals surface area (Å²) < 4.78 is 5.33. The zero-order chi connectivity index (χ0) is 13.7. The van der Waals surface area contributed by atoms with Crippen LogP contribution in [0.2, 0.25) is 0 Å². The predicted octanol–water partition coefficient (Wildman–Crippen LogP) is 2.31. The fraction of sp³-hybridized carbons (Fsp3) is 0.250. The van der Waals surface area contributed by atoms with Crippen LogP contribution in [0.3, 0.4) is 0 Å². The first-order valence-corrected chi connectivity index (χ1v) is 5.18. The van der Waals surface area contributed by atoms with Crippen LogP contribution in [0.15, 0.2) is 29.8 Å². The number of benzene rings is 1. The second-order valence-corrected chi connectivity index (χ2v) is 3.82. The SMILES string of the molecule is C/C(=C\C(=O)O)COc1ccc([N+](=O)[O-])c(C)c1. The van der Waals surface area contributed by atoms with Crippen LogP contribution in [0.5, 0.6) is 5.75 Å². The first kappa shape index (κ1) is 13.7. The highest BCUT2D eigenvalue weighted by atomic mass is 16.6. The number of aryl methyl sites for hydroxylation is 1. The van der Waals surface area contributed by atoms with Crippen LogP contribution in [0.1, 0.15) is 12.5 Å². The number of nitrogens with zero attached hydrogens (tertiary/aromatic N) is 1. The van der Waals surface area contributed by atoms with Crippen molar-refractivity contribution in [2.45, 2.75) is 13.8 Å². The van der Waals surface area contributed by atoms with E-state index in [0.29, 0.717) is 16.9 Å². The van der Waals surface area contributed by atoms with Crippen molar-refractivity contribution in [3.63, 3.8) is 0 Å². The number of nitro benzene ring substituents is 1. The predicted molar refractivity (Wildman–Crippen MR) is 64.7 cm³/mol. The van der Waals surface area contributed by atoms with Crippen molar-refractivity contribution in [2.75, 3.05) is 6.61 Å². The molecular weight excluding hydrogens is 238 g/mol. The van der Waals surface area contributed by atoms with E-state index in [4.69, 9.17) is 9.84 Å². The van der Waals surface area contributed by atoms with E-state index in [1.54, 1.807) is 19.9 Å². The third-order valence-electron chi connectivity index (χ3n) is 2.20. The molecule has 0 spiro atoms. The van der Waals surface area contributed by atoms with Crippen LogP contribution < -0.4 is 4.74 Å². The molecule has 6 heteroatoms. The minimum atomic E-state index is -1.03. The van der Waals surface area contributed by atoms with Gasteiger partial charge in [0.25, 0.3) is 5.69 Å². The smallest absolute Gasteiger partial charge is 0.328 e. The van der Waals surface area contributed by atoms with E-state index in [9.17, 15) is 14.9 Å². The van der Waals surface area contributed by atoms with Crippen molar-refractivity contribution in [1.29, 1.82) is 0 Å². The fourth-order valence-electron chi connectivity index (χ4n) is 1.37. The molecule has 0 unspecified atom stereocenters. The van der Waals surface area contributed by atoms with Crippen LogP contribution in [0.4, 0.5) is 5.69 Å². The lowest BCUT2D eigenvalue weighted by Crippen LogP contribution is -2.02. The molecule has 1 aromatic rings. The van der Waals surface area contributed by atoms with Crippen molar-refractivity contribution in [3.8, 4) is 5.75 Å². The molecule has 6 nitrogen and oxygen atoms in total. The van der Waals surface area contributed by atoms with E-state index in [-0.39, 0.29) is 12.3 Å². The molecule has 0 fully saturated rings. The highest BCUT2D eigenvalue weighted by molar-refractivity contribution is 5.80. The summed E-state index contributed by atoms with van der Waals surface area (Å²) in [4.78, 5) is 20.5. The largest absolute Gasteiger partial charge is 0.489 e. The van der Waals surface area contributed by atoms with E-state index in [2.05, 4.69) is 0 Å². The standard InChI is InChI=1S/C12H13NO5/c1-8(5-12(14)15)7-18-10-3-4-11(13(16)17)9(2)6-10/h3-6H,7H2,1-2H3,(H,14,15)/b8-5+. The Labute approximate surface area is 104 Å². The summed E-state index contributed by atoms with van der Waals surface area (Å²) in [5.74, 6) is -0.563. The van der Waals surface area contributed by atoms with Gasteiger partial charge in [0, 0.05) is 17.7 Å². The summed E-state index contributed by atoms with van der Waals surface area (Å²) >= 11 is 0. The van der Waals surface area contributed by atoms with Gasteiger partial charge >= 0.3 is 5.97 Å². The van der Waals surface area contributed by atoms with Crippen molar-refractivity contribution in [1.82, 2.24) is 0 Å². The molecule has 0 aromatic heterocycles. The average Bonchev–Trinajstić information content (AvgIpc) is 2.25. The van der Waals surface area contributed by atoms with E-state index < -0.39 is 10.9 Å². The molecule has 0 aliphatic rings. The highest BCUT2D eigenvalue weighted by Crippen LogP contribution is 2.23. The van der Waals surface area contributed by atoms with Crippen LogP contribution in [-0.4, -0.2) is 22.6 Å². The van der Waals surface area contributed by atoms with Crippen LogP contribution in [0, 0.1) is 17.0 Å². The van der Waals surface area contributed by atoms with Gasteiger partial charge in [-0.05, 0) is 31.6 Å². The number of hydrogen-bond acceptors (Lipinski definition) is 4. The molecule has 0 atom stereocenters. The lowest BCUT2D eigenvalue weighted by atomic mass is 10.2. The van der Waals surface area contributed by atoms with E-state index >= 15 is 0 Å². The molecule has 0 heterocycles. The van der Waals surface area contributed by atoms with Gasteiger partial charge in [0.2, 0.25) is 0 Å². The topological polar surface area (TPSA) is 89.7 Å². The van der Waals surface area contributed by atoms with Crippen LogP contribution in [0.25, 0.3) is 0 Å². The quantitative estimate of drug-likeness (QED) is 0.492. The number of carboxylic acid groups (broad SMARTS) is 1. The number of carboxylic acids is 1. The molecule has 1 aromatic carbocycles. The molecule has 0 saturated carbocycles. The molecule has 0 aliphatic carbocycles. The van der Waals surface area contributed by atoms with Gasteiger partial charge in [-0.25, -0.2) is 4.79 Å². The third-order valence-corrected chi connectivity index (χ3v) is 2.20. The van der Waals surface area contributed by atoms with Gasteiger partial charge in [-0.15, -0.1) is 0 Å². The third kappa shape index (κ3) is 3.89. The number of aliphatic carboxylic acids is 1. The first-order valence-electron chi connectivity index (χ1n) is 5.18. The minimum absolute atomic E-state index is 0.0279. The summed E-state index contributed by atoms with van der Waals surface area (Å²) in [5, 5.41) is 19.1. The molecule has 0 aliphatic heterocycles. The zero-order valence-corrected chi connectivity index (χ0v) is 10.0. The molecule has 1 rings (SSSR count). The number of rotatable bonds is 5. The summed E-state index contributed by atoms with van der Waals surface area (Å²) in [7, 11) is 0. The maximum atomic E-state index is 10.6. The van der Waals surface area contributed by atoms with Crippen molar-refractivity contribution in [3.05, 3.63) is 45.5 Å². The van der Waals surface area contributed by atoms with Crippen LogP contribution in [-0.2, 0) is 4.79 Å².